The van der Waals surface area contributed by atoms with Gasteiger partial charge in [0.05, 0.1) is 0 Å². The van der Waals surface area contributed by atoms with Crippen molar-refractivity contribution >= 4 is 17.7 Å². The van der Waals surface area contributed by atoms with Crippen LogP contribution >= 0.6 is 0 Å². The van der Waals surface area contributed by atoms with Gasteiger partial charge in [-0.15, -0.1) is 0 Å². The Morgan fingerprint density at radius 3 is 2.76 bits per heavy atom. The maximum Gasteiger partial charge on any atom is 0.255 e. The van der Waals surface area contributed by atoms with Crippen molar-refractivity contribution in [2.45, 2.75) is 38.9 Å². The molecule has 6 heteroatoms. The van der Waals surface area contributed by atoms with Crippen LogP contribution in [-0.4, -0.2) is 28.7 Å². The van der Waals surface area contributed by atoms with Crippen molar-refractivity contribution in [3.63, 3.8) is 0 Å². The van der Waals surface area contributed by atoms with Crippen molar-refractivity contribution in [1.29, 1.82) is 0 Å². The van der Waals surface area contributed by atoms with Gasteiger partial charge in [0, 0.05) is 25.1 Å². The molecule has 1 aromatic carbocycles. The van der Waals surface area contributed by atoms with E-state index in [-0.39, 0.29) is 24.1 Å². The molecule has 110 valence electrons. The average Bonchev–Trinajstić information content (AvgIpc) is 2.77. The maximum atomic E-state index is 12.6. The van der Waals surface area contributed by atoms with Crippen LogP contribution in [0.2, 0.25) is 0 Å². The number of amides is 3. The summed E-state index contributed by atoms with van der Waals surface area (Å²) in [5.74, 6) is -0.816. The first-order valence-corrected chi connectivity index (χ1v) is 6.98. The highest BCUT2D eigenvalue weighted by Crippen LogP contribution is 2.30. The summed E-state index contributed by atoms with van der Waals surface area (Å²) in [5.41, 5.74) is 9.14. The highest BCUT2D eigenvalue weighted by Gasteiger charge is 2.39. The number of nitrogens with one attached hydrogen (secondary N) is 1. The summed E-state index contributed by atoms with van der Waals surface area (Å²) in [6.07, 6.45) is 0.650. The van der Waals surface area contributed by atoms with Crippen molar-refractivity contribution in [3.8, 4) is 0 Å². The molecule has 3 rings (SSSR count). The average molecular weight is 287 g/mol. The second kappa shape index (κ2) is 4.96. The van der Waals surface area contributed by atoms with Crippen LogP contribution in [0.15, 0.2) is 12.1 Å². The minimum absolute atomic E-state index is 0.155. The van der Waals surface area contributed by atoms with Gasteiger partial charge in [0.25, 0.3) is 5.91 Å². The molecule has 0 saturated carbocycles. The topological polar surface area (TPSA) is 92.5 Å². The summed E-state index contributed by atoms with van der Waals surface area (Å²) < 4.78 is 0. The number of imide groups is 1. The Bertz CT molecular complexity index is 654. The summed E-state index contributed by atoms with van der Waals surface area (Å²) >= 11 is 0. The Kier molecular flexibility index (Phi) is 3.25. The van der Waals surface area contributed by atoms with Gasteiger partial charge < -0.3 is 10.6 Å². The number of fused-ring (bicyclic) bond motifs is 1. The summed E-state index contributed by atoms with van der Waals surface area (Å²) in [7, 11) is 0. The molecule has 2 heterocycles. The van der Waals surface area contributed by atoms with Gasteiger partial charge in [0.15, 0.2) is 0 Å². The lowest BCUT2D eigenvalue weighted by atomic mass is 10.0. The lowest BCUT2D eigenvalue weighted by Crippen LogP contribution is -2.52. The first kappa shape index (κ1) is 13.8. The fourth-order valence-electron chi connectivity index (χ4n) is 3.04. The zero-order valence-corrected chi connectivity index (χ0v) is 11.8. The van der Waals surface area contributed by atoms with Gasteiger partial charge in [-0.05, 0) is 36.1 Å². The third-order valence-corrected chi connectivity index (χ3v) is 4.17. The van der Waals surface area contributed by atoms with Crippen LogP contribution in [0.5, 0.6) is 0 Å². The fraction of sp³-hybridized carbons (Fsp3) is 0.400. The van der Waals surface area contributed by atoms with Gasteiger partial charge in [0.1, 0.15) is 6.04 Å². The SMILES string of the molecule is Cc1cc(CN)cc2c1CN(C1CCC(=O)NC1=O)C2=O. The Morgan fingerprint density at radius 1 is 1.33 bits per heavy atom. The molecule has 0 aromatic heterocycles. The molecule has 0 spiro atoms. The molecular formula is C15H17N3O3. The van der Waals surface area contributed by atoms with Crippen LogP contribution in [0.4, 0.5) is 0 Å². The van der Waals surface area contributed by atoms with Crippen LogP contribution in [0.25, 0.3) is 0 Å². The van der Waals surface area contributed by atoms with Gasteiger partial charge >= 0.3 is 0 Å². The first-order valence-electron chi connectivity index (χ1n) is 6.98. The molecule has 0 bridgehead atoms. The third kappa shape index (κ3) is 2.21. The Labute approximate surface area is 122 Å². The summed E-state index contributed by atoms with van der Waals surface area (Å²) in [4.78, 5) is 37.3. The van der Waals surface area contributed by atoms with E-state index in [0.29, 0.717) is 25.1 Å². The Hall–Kier alpha value is -2.21. The van der Waals surface area contributed by atoms with Crippen molar-refractivity contribution in [3.05, 3.63) is 34.4 Å². The second-order valence-corrected chi connectivity index (χ2v) is 5.54. The second-order valence-electron chi connectivity index (χ2n) is 5.54. The van der Waals surface area contributed by atoms with Gasteiger partial charge in [-0.2, -0.15) is 0 Å². The Balaban J connectivity index is 1.92. The summed E-state index contributed by atoms with van der Waals surface area (Å²) in [6.45, 7) is 2.73. The van der Waals surface area contributed by atoms with Crippen LogP contribution in [-0.2, 0) is 22.7 Å². The number of nitrogens with two attached hydrogens (primary N) is 1. The predicted octanol–water partition coefficient (Wildman–Crippen LogP) is 0.215. The molecule has 1 saturated heterocycles. The monoisotopic (exact) mass is 287 g/mol. The number of benzene rings is 1. The number of nitrogens with zero attached hydrogens (tertiary/aromatic N) is 1. The zero-order chi connectivity index (χ0) is 15.1. The van der Waals surface area contributed by atoms with Crippen molar-refractivity contribution in [2.24, 2.45) is 5.73 Å². The van der Waals surface area contributed by atoms with Crippen LogP contribution in [0, 0.1) is 6.92 Å². The standard InChI is InChI=1S/C15H17N3O3/c1-8-4-9(6-16)5-10-11(8)7-18(15(10)21)12-2-3-13(19)17-14(12)20/h4-5,12H,2-3,6-7,16H2,1H3,(H,17,19,20). The van der Waals surface area contributed by atoms with E-state index in [1.165, 1.54) is 0 Å². The number of piperidine rings is 1. The van der Waals surface area contributed by atoms with Crippen LogP contribution < -0.4 is 11.1 Å². The van der Waals surface area contributed by atoms with Gasteiger partial charge in [-0.1, -0.05) is 6.07 Å². The number of rotatable bonds is 2. The van der Waals surface area contributed by atoms with Crippen LogP contribution in [0.3, 0.4) is 0 Å². The van der Waals surface area contributed by atoms with E-state index in [4.69, 9.17) is 5.73 Å². The smallest absolute Gasteiger partial charge is 0.255 e. The number of carbonyl (C=O) groups is 3. The normalized spacial score (nSPS) is 21.5. The van der Waals surface area contributed by atoms with Gasteiger partial charge in [-0.25, -0.2) is 0 Å². The number of hydrogen-bond donors (Lipinski definition) is 2. The van der Waals surface area contributed by atoms with E-state index < -0.39 is 6.04 Å². The van der Waals surface area contributed by atoms with Gasteiger partial charge in [-0.3, -0.25) is 19.7 Å². The van der Waals surface area contributed by atoms with Crippen molar-refractivity contribution < 1.29 is 14.4 Å². The third-order valence-electron chi connectivity index (χ3n) is 4.17. The molecule has 3 N–H and O–H groups in total. The highest BCUT2D eigenvalue weighted by atomic mass is 16.2. The molecule has 0 radical (unpaired) electrons. The maximum absolute atomic E-state index is 12.6. The quantitative estimate of drug-likeness (QED) is 0.761. The van der Waals surface area contributed by atoms with Crippen molar-refractivity contribution in [1.82, 2.24) is 10.2 Å². The van der Waals surface area contributed by atoms with E-state index >= 15 is 0 Å². The molecule has 2 aliphatic heterocycles. The minimum atomic E-state index is -0.566. The van der Waals surface area contributed by atoms with E-state index in [0.717, 1.165) is 16.7 Å². The van der Waals surface area contributed by atoms with Gasteiger partial charge in [0.2, 0.25) is 11.8 Å². The van der Waals surface area contributed by atoms with Crippen LogP contribution in [0.1, 0.15) is 39.9 Å². The molecule has 1 atom stereocenters. The molecule has 2 aliphatic rings. The molecule has 1 unspecified atom stereocenters. The number of hydrogen-bond acceptors (Lipinski definition) is 4. The highest BCUT2D eigenvalue weighted by molar-refractivity contribution is 6.05. The first-order chi connectivity index (χ1) is 10.0. The molecule has 1 fully saturated rings. The molecular weight excluding hydrogens is 270 g/mol. The lowest BCUT2D eigenvalue weighted by Gasteiger charge is -2.29. The number of carbonyl (C=O) groups excluding carboxylic acids is 3. The Morgan fingerprint density at radius 2 is 2.10 bits per heavy atom. The van der Waals surface area contributed by atoms with E-state index in [9.17, 15) is 14.4 Å². The van der Waals surface area contributed by atoms with E-state index in [1.807, 2.05) is 13.0 Å². The molecule has 21 heavy (non-hydrogen) atoms. The lowest BCUT2D eigenvalue weighted by molar-refractivity contribution is -0.136. The molecule has 0 aliphatic carbocycles. The largest absolute Gasteiger partial charge is 0.326 e. The van der Waals surface area contributed by atoms with E-state index in [2.05, 4.69) is 5.32 Å². The summed E-state index contributed by atoms with van der Waals surface area (Å²) in [6, 6.07) is 3.21. The van der Waals surface area contributed by atoms with Crippen molar-refractivity contribution in [2.75, 3.05) is 0 Å². The predicted molar refractivity (Wildman–Crippen MR) is 75.1 cm³/mol. The molecule has 1 aromatic rings. The van der Waals surface area contributed by atoms with E-state index in [1.54, 1.807) is 11.0 Å². The molecule has 3 amide bonds. The minimum Gasteiger partial charge on any atom is -0.326 e. The number of aryl methyl sites for hydroxylation is 1. The zero-order valence-electron chi connectivity index (χ0n) is 11.8. The molecule has 6 nitrogen and oxygen atoms in total. The summed E-state index contributed by atoms with van der Waals surface area (Å²) in [5, 5.41) is 2.30. The fourth-order valence-corrected chi connectivity index (χ4v) is 3.04.